The van der Waals surface area contributed by atoms with Gasteiger partial charge in [-0.05, 0) is 23.8 Å². The summed E-state index contributed by atoms with van der Waals surface area (Å²) in [6.45, 7) is 1.26. The summed E-state index contributed by atoms with van der Waals surface area (Å²) in [5, 5.41) is 4.42. The Morgan fingerprint density at radius 2 is 2.35 bits per heavy atom. The van der Waals surface area contributed by atoms with E-state index in [1.54, 1.807) is 4.68 Å². The fourth-order valence-electron chi connectivity index (χ4n) is 2.26. The van der Waals surface area contributed by atoms with Crippen LogP contribution in [-0.4, -0.2) is 16.4 Å². The summed E-state index contributed by atoms with van der Waals surface area (Å²) in [5.74, 6) is 0.979. The highest BCUT2D eigenvalue weighted by molar-refractivity contribution is 5.64. The van der Waals surface area contributed by atoms with E-state index in [0.29, 0.717) is 6.54 Å². The predicted molar refractivity (Wildman–Crippen MR) is 65.7 cm³/mol. The Bertz CT molecular complexity index is 560. The zero-order valence-electron chi connectivity index (χ0n) is 9.81. The summed E-state index contributed by atoms with van der Waals surface area (Å²) < 4.78 is 7.42. The summed E-state index contributed by atoms with van der Waals surface area (Å²) in [7, 11) is 1.92. The fraction of sp³-hybridized carbons (Fsp3) is 0.308. The first-order chi connectivity index (χ1) is 8.28. The van der Waals surface area contributed by atoms with Gasteiger partial charge in [0.25, 0.3) is 0 Å². The molecule has 2 heterocycles. The van der Waals surface area contributed by atoms with E-state index in [-0.39, 0.29) is 0 Å². The molecule has 2 N–H and O–H groups in total. The molecule has 4 nitrogen and oxygen atoms in total. The van der Waals surface area contributed by atoms with Crippen molar-refractivity contribution in [2.45, 2.75) is 13.0 Å². The molecular weight excluding hydrogens is 214 g/mol. The van der Waals surface area contributed by atoms with E-state index in [2.05, 4.69) is 17.2 Å². The topological polar surface area (TPSA) is 53.1 Å². The molecule has 2 aromatic rings. The van der Waals surface area contributed by atoms with Gasteiger partial charge in [0.1, 0.15) is 5.75 Å². The van der Waals surface area contributed by atoms with Gasteiger partial charge in [-0.25, -0.2) is 0 Å². The molecule has 1 aliphatic rings. The minimum atomic E-state index is 0.503. The first-order valence-electron chi connectivity index (χ1n) is 5.76. The number of nitrogens with two attached hydrogens (primary N) is 1. The summed E-state index contributed by atoms with van der Waals surface area (Å²) in [4.78, 5) is 0. The third-order valence-corrected chi connectivity index (χ3v) is 3.09. The SMILES string of the molecule is Cn1ccc(-c2cc(CN)c3c(c2)CCO3)n1. The van der Waals surface area contributed by atoms with E-state index in [1.165, 1.54) is 5.56 Å². The Balaban J connectivity index is 2.12. The maximum Gasteiger partial charge on any atom is 0.127 e. The average Bonchev–Trinajstić information content (AvgIpc) is 2.95. The van der Waals surface area contributed by atoms with Gasteiger partial charge in [0.2, 0.25) is 0 Å². The van der Waals surface area contributed by atoms with Crippen LogP contribution < -0.4 is 10.5 Å². The first-order valence-corrected chi connectivity index (χ1v) is 5.76. The van der Waals surface area contributed by atoms with E-state index in [9.17, 15) is 0 Å². The molecule has 88 valence electrons. The van der Waals surface area contributed by atoms with Gasteiger partial charge in [0.15, 0.2) is 0 Å². The molecule has 0 saturated carbocycles. The molecular formula is C13H15N3O. The Morgan fingerprint density at radius 1 is 1.47 bits per heavy atom. The molecule has 0 atom stereocenters. The number of aromatic nitrogens is 2. The van der Waals surface area contributed by atoms with Crippen LogP contribution in [0.3, 0.4) is 0 Å². The van der Waals surface area contributed by atoms with Crippen molar-refractivity contribution in [3.05, 3.63) is 35.5 Å². The van der Waals surface area contributed by atoms with Crippen molar-refractivity contribution < 1.29 is 4.74 Å². The van der Waals surface area contributed by atoms with Gasteiger partial charge in [-0.1, -0.05) is 0 Å². The molecule has 0 amide bonds. The molecule has 1 aromatic carbocycles. The molecule has 0 spiro atoms. The number of aryl methyl sites for hydroxylation is 1. The average molecular weight is 229 g/mol. The van der Waals surface area contributed by atoms with Crippen LogP contribution in [0.5, 0.6) is 5.75 Å². The van der Waals surface area contributed by atoms with Gasteiger partial charge in [0.05, 0.1) is 12.3 Å². The van der Waals surface area contributed by atoms with Crippen LogP contribution in [0.4, 0.5) is 0 Å². The van der Waals surface area contributed by atoms with E-state index >= 15 is 0 Å². The minimum Gasteiger partial charge on any atom is -0.493 e. The normalized spacial score (nSPS) is 13.5. The number of benzene rings is 1. The molecule has 1 aromatic heterocycles. The number of hydrogen-bond donors (Lipinski definition) is 1. The molecule has 0 saturated heterocycles. The molecule has 0 aliphatic carbocycles. The van der Waals surface area contributed by atoms with Gasteiger partial charge in [-0.3, -0.25) is 4.68 Å². The van der Waals surface area contributed by atoms with E-state index in [4.69, 9.17) is 10.5 Å². The van der Waals surface area contributed by atoms with Gasteiger partial charge in [-0.2, -0.15) is 5.10 Å². The second-order valence-electron chi connectivity index (χ2n) is 4.30. The van der Waals surface area contributed by atoms with Gasteiger partial charge < -0.3 is 10.5 Å². The first kappa shape index (κ1) is 10.4. The van der Waals surface area contributed by atoms with Crippen molar-refractivity contribution in [3.63, 3.8) is 0 Å². The molecule has 4 heteroatoms. The van der Waals surface area contributed by atoms with Crippen LogP contribution in [0, 0.1) is 0 Å². The molecule has 0 bridgehead atoms. The van der Waals surface area contributed by atoms with E-state index < -0.39 is 0 Å². The van der Waals surface area contributed by atoms with Crippen molar-refractivity contribution in [1.82, 2.24) is 9.78 Å². The third-order valence-electron chi connectivity index (χ3n) is 3.09. The zero-order valence-corrected chi connectivity index (χ0v) is 9.81. The standard InChI is InChI=1S/C13H15N3O/c1-16-4-2-12(15-16)10-6-9-3-5-17-13(9)11(7-10)8-14/h2,4,6-7H,3,5,8,14H2,1H3. The van der Waals surface area contributed by atoms with Crippen LogP contribution in [0.15, 0.2) is 24.4 Å². The number of rotatable bonds is 2. The summed E-state index contributed by atoms with van der Waals surface area (Å²) in [5.41, 5.74) is 10.2. The monoisotopic (exact) mass is 229 g/mol. The maximum absolute atomic E-state index is 5.77. The van der Waals surface area contributed by atoms with Crippen molar-refractivity contribution in [2.75, 3.05) is 6.61 Å². The van der Waals surface area contributed by atoms with Gasteiger partial charge in [-0.15, -0.1) is 0 Å². The van der Waals surface area contributed by atoms with Crippen molar-refractivity contribution in [2.24, 2.45) is 12.8 Å². The number of fused-ring (bicyclic) bond motifs is 1. The number of hydrogen-bond acceptors (Lipinski definition) is 3. The van der Waals surface area contributed by atoms with Crippen molar-refractivity contribution in [1.29, 1.82) is 0 Å². The van der Waals surface area contributed by atoms with Crippen LogP contribution >= 0.6 is 0 Å². The highest BCUT2D eigenvalue weighted by Gasteiger charge is 2.18. The van der Waals surface area contributed by atoms with Gasteiger partial charge in [0, 0.05) is 37.3 Å². The maximum atomic E-state index is 5.77. The molecule has 0 unspecified atom stereocenters. The number of ether oxygens (including phenoxy) is 1. The largest absolute Gasteiger partial charge is 0.493 e. The van der Waals surface area contributed by atoms with Crippen LogP contribution in [0.25, 0.3) is 11.3 Å². The Kier molecular flexibility index (Phi) is 2.37. The highest BCUT2D eigenvalue weighted by atomic mass is 16.5. The Labute approximate surface area is 100 Å². The third kappa shape index (κ3) is 1.70. The van der Waals surface area contributed by atoms with Gasteiger partial charge >= 0.3 is 0 Å². The van der Waals surface area contributed by atoms with Crippen LogP contribution in [-0.2, 0) is 20.0 Å². The smallest absolute Gasteiger partial charge is 0.127 e. The molecule has 1 aliphatic heterocycles. The van der Waals surface area contributed by atoms with Crippen LogP contribution in [0.1, 0.15) is 11.1 Å². The van der Waals surface area contributed by atoms with Crippen LogP contribution in [0.2, 0.25) is 0 Å². The second-order valence-corrected chi connectivity index (χ2v) is 4.30. The zero-order chi connectivity index (χ0) is 11.8. The minimum absolute atomic E-state index is 0.503. The quantitative estimate of drug-likeness (QED) is 0.848. The van der Waals surface area contributed by atoms with E-state index in [1.807, 2.05) is 19.3 Å². The van der Waals surface area contributed by atoms with Crippen molar-refractivity contribution in [3.8, 4) is 17.0 Å². The summed E-state index contributed by atoms with van der Waals surface area (Å²) in [6.07, 6.45) is 2.91. The van der Waals surface area contributed by atoms with E-state index in [0.717, 1.165) is 35.6 Å². The molecule has 0 radical (unpaired) electrons. The van der Waals surface area contributed by atoms with Crippen molar-refractivity contribution >= 4 is 0 Å². The molecule has 3 rings (SSSR count). The fourth-order valence-corrected chi connectivity index (χ4v) is 2.26. The summed E-state index contributed by atoms with van der Waals surface area (Å²) in [6, 6.07) is 6.24. The lowest BCUT2D eigenvalue weighted by Gasteiger charge is -2.08. The Hall–Kier alpha value is -1.81. The Morgan fingerprint density at radius 3 is 3.06 bits per heavy atom. The second kappa shape index (κ2) is 3.89. The summed E-state index contributed by atoms with van der Waals surface area (Å²) >= 11 is 0. The lowest BCUT2D eigenvalue weighted by molar-refractivity contribution is 0.353. The molecule has 0 fully saturated rings. The number of nitrogens with zero attached hydrogens (tertiary/aromatic N) is 2. The lowest BCUT2D eigenvalue weighted by Crippen LogP contribution is -2.00. The lowest BCUT2D eigenvalue weighted by atomic mass is 10.0. The molecule has 17 heavy (non-hydrogen) atoms. The highest BCUT2D eigenvalue weighted by Crippen LogP contribution is 2.33. The predicted octanol–water partition coefficient (Wildman–Crippen LogP) is 1.48.